The Bertz CT molecular complexity index is 1140. The molecule has 9 nitrogen and oxygen atoms in total. The molecule has 0 spiro atoms. The molecule has 1 aromatic carbocycles. The van der Waals surface area contributed by atoms with E-state index in [0.29, 0.717) is 17.0 Å². The summed E-state index contributed by atoms with van der Waals surface area (Å²) in [6.45, 7) is 3.80. The highest BCUT2D eigenvalue weighted by Gasteiger charge is 2.15. The third-order valence-corrected chi connectivity index (χ3v) is 5.31. The van der Waals surface area contributed by atoms with E-state index >= 15 is 0 Å². The molecular formula is C20H22FN5O4S. The van der Waals surface area contributed by atoms with Gasteiger partial charge in [-0.3, -0.25) is 4.98 Å². The van der Waals surface area contributed by atoms with E-state index in [1.54, 1.807) is 32.2 Å². The van der Waals surface area contributed by atoms with Crippen LogP contribution in [0.2, 0.25) is 0 Å². The van der Waals surface area contributed by atoms with Crippen LogP contribution in [-0.4, -0.2) is 40.5 Å². The van der Waals surface area contributed by atoms with Crippen LogP contribution in [0.25, 0.3) is 11.4 Å². The smallest absolute Gasteiger partial charge is 0.338 e. The van der Waals surface area contributed by atoms with Gasteiger partial charge in [-0.15, -0.1) is 0 Å². The number of carboxylic acids is 1. The summed E-state index contributed by atoms with van der Waals surface area (Å²) in [4.78, 5) is 22.3. The first-order valence-electron chi connectivity index (χ1n) is 9.10. The van der Waals surface area contributed by atoms with Crippen LogP contribution < -0.4 is 10.5 Å². The van der Waals surface area contributed by atoms with E-state index < -0.39 is 16.0 Å². The van der Waals surface area contributed by atoms with Crippen molar-refractivity contribution in [3.8, 4) is 11.4 Å². The zero-order chi connectivity index (χ0) is 23.0. The van der Waals surface area contributed by atoms with E-state index in [1.165, 1.54) is 36.8 Å². The Morgan fingerprint density at radius 1 is 1.16 bits per heavy atom. The summed E-state index contributed by atoms with van der Waals surface area (Å²) in [5, 5.41) is 8.65. The SMILES string of the molecule is CC(C)NS(=O)(=O)c1cncc(CN)c1.O=C(O)c1cnc(-c2cccc(F)c2)nc1. The van der Waals surface area contributed by atoms with Crippen LogP contribution in [0.5, 0.6) is 0 Å². The molecule has 0 aliphatic heterocycles. The van der Waals surface area contributed by atoms with Crippen LogP contribution in [0.15, 0.2) is 60.0 Å². The second-order valence-corrected chi connectivity index (χ2v) is 8.33. The van der Waals surface area contributed by atoms with Gasteiger partial charge in [0.15, 0.2) is 5.82 Å². The summed E-state index contributed by atoms with van der Waals surface area (Å²) in [6, 6.07) is 7.18. The second kappa shape index (κ2) is 10.7. The molecule has 11 heteroatoms. The topological polar surface area (TPSA) is 148 Å². The number of nitrogens with two attached hydrogens (primary N) is 1. The second-order valence-electron chi connectivity index (χ2n) is 6.62. The molecule has 0 aliphatic carbocycles. The molecule has 31 heavy (non-hydrogen) atoms. The molecule has 0 amide bonds. The fraction of sp³-hybridized carbons (Fsp3) is 0.200. The molecule has 2 heterocycles. The van der Waals surface area contributed by atoms with Gasteiger partial charge in [0.05, 0.1) is 5.56 Å². The van der Waals surface area contributed by atoms with Gasteiger partial charge < -0.3 is 10.8 Å². The van der Waals surface area contributed by atoms with Crippen molar-refractivity contribution >= 4 is 16.0 Å². The average molecular weight is 447 g/mol. The van der Waals surface area contributed by atoms with Crippen LogP contribution in [0, 0.1) is 5.82 Å². The first-order chi connectivity index (χ1) is 14.6. The summed E-state index contributed by atoms with van der Waals surface area (Å²) in [6.07, 6.45) is 5.24. The first kappa shape index (κ1) is 24.0. The zero-order valence-electron chi connectivity index (χ0n) is 16.9. The lowest BCUT2D eigenvalue weighted by atomic mass is 10.2. The number of hydrogen-bond donors (Lipinski definition) is 3. The number of nitrogens with zero attached hydrogens (tertiary/aromatic N) is 3. The lowest BCUT2D eigenvalue weighted by molar-refractivity contribution is 0.0696. The van der Waals surface area contributed by atoms with Crippen LogP contribution in [0.1, 0.15) is 29.8 Å². The fourth-order valence-corrected chi connectivity index (χ4v) is 3.58. The van der Waals surface area contributed by atoms with Gasteiger partial charge in [-0.25, -0.2) is 32.3 Å². The Kier molecular flexibility index (Phi) is 8.25. The van der Waals surface area contributed by atoms with Crippen molar-refractivity contribution in [1.29, 1.82) is 0 Å². The summed E-state index contributed by atoms with van der Waals surface area (Å²) in [7, 11) is -3.46. The third-order valence-electron chi connectivity index (χ3n) is 3.69. The number of hydrogen-bond acceptors (Lipinski definition) is 7. The van der Waals surface area contributed by atoms with Crippen molar-refractivity contribution in [3.05, 3.63) is 72.1 Å². The van der Waals surface area contributed by atoms with Gasteiger partial charge in [0, 0.05) is 42.9 Å². The summed E-state index contributed by atoms with van der Waals surface area (Å²) in [5.41, 5.74) is 6.62. The van der Waals surface area contributed by atoms with E-state index in [-0.39, 0.29) is 28.9 Å². The lowest BCUT2D eigenvalue weighted by Crippen LogP contribution is -2.30. The number of nitrogens with one attached hydrogen (secondary N) is 1. The van der Waals surface area contributed by atoms with Gasteiger partial charge in [0.25, 0.3) is 0 Å². The third kappa shape index (κ3) is 7.17. The molecule has 0 unspecified atom stereocenters. The van der Waals surface area contributed by atoms with Crippen molar-refractivity contribution in [2.45, 2.75) is 31.3 Å². The monoisotopic (exact) mass is 447 g/mol. The molecule has 0 radical (unpaired) electrons. The van der Waals surface area contributed by atoms with Crippen LogP contribution in [0.4, 0.5) is 4.39 Å². The Balaban J connectivity index is 0.000000221. The zero-order valence-corrected chi connectivity index (χ0v) is 17.7. The fourth-order valence-electron chi connectivity index (χ4n) is 2.32. The Morgan fingerprint density at radius 2 is 1.84 bits per heavy atom. The Hall–Kier alpha value is -3.28. The van der Waals surface area contributed by atoms with Gasteiger partial charge in [-0.05, 0) is 37.6 Å². The maximum atomic E-state index is 12.9. The van der Waals surface area contributed by atoms with Crippen molar-refractivity contribution in [1.82, 2.24) is 19.7 Å². The summed E-state index contributed by atoms with van der Waals surface area (Å²) < 4.78 is 38.8. The highest BCUT2D eigenvalue weighted by molar-refractivity contribution is 7.89. The molecule has 164 valence electrons. The van der Waals surface area contributed by atoms with Crippen molar-refractivity contribution in [3.63, 3.8) is 0 Å². The van der Waals surface area contributed by atoms with E-state index in [9.17, 15) is 17.6 Å². The molecule has 0 fully saturated rings. The Morgan fingerprint density at radius 3 is 2.39 bits per heavy atom. The van der Waals surface area contributed by atoms with Gasteiger partial charge in [0.2, 0.25) is 10.0 Å². The molecular weight excluding hydrogens is 425 g/mol. The Labute approximate surface area is 179 Å². The standard InChI is InChI=1S/C11H7FN2O2.C9H15N3O2S/c12-9-3-1-2-7(4-9)10-13-5-8(6-14-10)11(15)16;1-7(2)12-15(13,14)9-3-8(4-10)5-11-6-9/h1-6H,(H,15,16);3,5-7,12H,4,10H2,1-2H3. The summed E-state index contributed by atoms with van der Waals surface area (Å²) in [5.74, 6) is -1.18. The van der Waals surface area contributed by atoms with Gasteiger partial charge in [-0.1, -0.05) is 12.1 Å². The quantitative estimate of drug-likeness (QED) is 0.521. The molecule has 0 saturated carbocycles. The lowest BCUT2D eigenvalue weighted by Gasteiger charge is -2.09. The number of aromatic nitrogens is 3. The molecule has 0 saturated heterocycles. The minimum absolute atomic E-state index is 0.000142. The number of carbonyl (C=O) groups is 1. The first-order valence-corrected chi connectivity index (χ1v) is 10.6. The molecule has 0 aliphatic rings. The minimum atomic E-state index is -3.46. The normalized spacial score (nSPS) is 11.0. The number of carboxylic acid groups (broad SMARTS) is 1. The molecule has 4 N–H and O–H groups in total. The maximum Gasteiger partial charge on any atom is 0.338 e. The van der Waals surface area contributed by atoms with Gasteiger partial charge in [0.1, 0.15) is 10.7 Å². The average Bonchev–Trinajstić information content (AvgIpc) is 2.73. The van der Waals surface area contributed by atoms with Crippen molar-refractivity contribution < 1.29 is 22.7 Å². The molecule has 3 rings (SSSR count). The number of halogens is 1. The largest absolute Gasteiger partial charge is 0.478 e. The molecule has 2 aromatic heterocycles. The van der Waals surface area contributed by atoms with E-state index in [0.717, 1.165) is 0 Å². The summed E-state index contributed by atoms with van der Waals surface area (Å²) >= 11 is 0. The number of aromatic carboxylic acids is 1. The number of rotatable bonds is 6. The molecule has 3 aromatic rings. The van der Waals surface area contributed by atoms with Crippen LogP contribution in [-0.2, 0) is 16.6 Å². The number of sulfonamides is 1. The molecule has 0 atom stereocenters. The minimum Gasteiger partial charge on any atom is -0.478 e. The van der Waals surface area contributed by atoms with Crippen LogP contribution in [0.3, 0.4) is 0 Å². The van der Waals surface area contributed by atoms with Gasteiger partial charge >= 0.3 is 5.97 Å². The van der Waals surface area contributed by atoms with E-state index in [2.05, 4.69) is 19.7 Å². The number of benzene rings is 1. The maximum absolute atomic E-state index is 12.9. The van der Waals surface area contributed by atoms with Crippen molar-refractivity contribution in [2.75, 3.05) is 0 Å². The number of pyridine rings is 1. The highest BCUT2D eigenvalue weighted by atomic mass is 32.2. The van der Waals surface area contributed by atoms with E-state index in [4.69, 9.17) is 10.8 Å². The van der Waals surface area contributed by atoms with Crippen molar-refractivity contribution in [2.24, 2.45) is 5.73 Å². The predicted molar refractivity (Wildman–Crippen MR) is 112 cm³/mol. The van der Waals surface area contributed by atoms with Gasteiger partial charge in [-0.2, -0.15) is 0 Å². The molecule has 0 bridgehead atoms. The predicted octanol–water partition coefficient (Wildman–Crippen LogP) is 2.21. The van der Waals surface area contributed by atoms with E-state index in [1.807, 2.05) is 0 Å². The van der Waals surface area contributed by atoms with Crippen LogP contribution >= 0.6 is 0 Å². The highest BCUT2D eigenvalue weighted by Crippen LogP contribution is 2.15.